The molecule has 0 aliphatic heterocycles. The van der Waals surface area contributed by atoms with Crippen LogP contribution in [0.4, 0.5) is 0 Å². The van der Waals surface area contributed by atoms with E-state index in [0.29, 0.717) is 6.04 Å². The maximum Gasteiger partial charge on any atom is 0.147 e. The van der Waals surface area contributed by atoms with E-state index in [9.17, 15) is 0 Å². The highest BCUT2D eigenvalue weighted by Crippen LogP contribution is 2.26. The van der Waals surface area contributed by atoms with E-state index in [1.807, 2.05) is 24.3 Å². The van der Waals surface area contributed by atoms with E-state index in [1.54, 1.807) is 18.4 Å². The Morgan fingerprint density at radius 2 is 2.15 bits per heavy atom. The zero-order chi connectivity index (χ0) is 14.4. The van der Waals surface area contributed by atoms with Crippen molar-refractivity contribution >= 4 is 11.3 Å². The molecule has 5 heteroatoms. The fourth-order valence-electron chi connectivity index (χ4n) is 1.86. The van der Waals surface area contributed by atoms with Gasteiger partial charge >= 0.3 is 0 Å². The molecule has 0 radical (unpaired) electrons. The third kappa shape index (κ3) is 4.28. The van der Waals surface area contributed by atoms with Gasteiger partial charge in [0.25, 0.3) is 0 Å². The van der Waals surface area contributed by atoms with Gasteiger partial charge in [-0.05, 0) is 25.1 Å². The predicted octanol–water partition coefficient (Wildman–Crippen LogP) is 3.14. The van der Waals surface area contributed by atoms with Gasteiger partial charge in [-0.25, -0.2) is 0 Å². The molecule has 0 aliphatic rings. The summed E-state index contributed by atoms with van der Waals surface area (Å²) in [6.07, 6.45) is 2.06. The maximum absolute atomic E-state index is 5.23. The van der Waals surface area contributed by atoms with Crippen molar-refractivity contribution in [3.8, 4) is 16.3 Å². The smallest absolute Gasteiger partial charge is 0.147 e. The molecule has 0 bridgehead atoms. The fraction of sp³-hybridized carbons (Fsp3) is 0.467. The second kappa shape index (κ2) is 7.36. The highest BCUT2D eigenvalue weighted by atomic mass is 32.1. The molecular formula is C15H21N3OS. The van der Waals surface area contributed by atoms with Crippen LogP contribution in [0.15, 0.2) is 24.3 Å². The second-order valence-electron chi connectivity index (χ2n) is 4.95. The largest absolute Gasteiger partial charge is 0.497 e. The van der Waals surface area contributed by atoms with Gasteiger partial charge in [0.1, 0.15) is 15.8 Å². The molecular weight excluding hydrogens is 270 g/mol. The quantitative estimate of drug-likeness (QED) is 0.796. The van der Waals surface area contributed by atoms with Crippen LogP contribution in [0.5, 0.6) is 5.75 Å². The van der Waals surface area contributed by atoms with Crippen LogP contribution in [0.3, 0.4) is 0 Å². The van der Waals surface area contributed by atoms with Crippen LogP contribution < -0.4 is 10.1 Å². The predicted molar refractivity (Wildman–Crippen MR) is 83.4 cm³/mol. The number of nitrogens with one attached hydrogen (secondary N) is 1. The summed E-state index contributed by atoms with van der Waals surface area (Å²) in [6, 6.07) is 8.47. The van der Waals surface area contributed by atoms with Gasteiger partial charge in [0.05, 0.1) is 7.11 Å². The van der Waals surface area contributed by atoms with E-state index in [1.165, 1.54) is 0 Å². The van der Waals surface area contributed by atoms with Gasteiger partial charge in [0.2, 0.25) is 0 Å². The first-order valence-corrected chi connectivity index (χ1v) is 7.71. The third-order valence-corrected chi connectivity index (χ3v) is 3.94. The fourth-order valence-corrected chi connectivity index (χ4v) is 2.74. The van der Waals surface area contributed by atoms with Gasteiger partial charge in [0.15, 0.2) is 0 Å². The lowest BCUT2D eigenvalue weighted by atomic mass is 10.2. The number of ether oxygens (including phenoxy) is 1. The minimum atomic E-state index is 0.539. The summed E-state index contributed by atoms with van der Waals surface area (Å²) >= 11 is 1.66. The molecule has 0 saturated heterocycles. The van der Waals surface area contributed by atoms with Crippen LogP contribution in [0.1, 0.15) is 25.3 Å². The minimum Gasteiger partial charge on any atom is -0.497 e. The van der Waals surface area contributed by atoms with Gasteiger partial charge in [-0.1, -0.05) is 37.3 Å². The molecule has 0 spiro atoms. The number of benzene rings is 1. The van der Waals surface area contributed by atoms with Crippen LogP contribution in [0, 0.1) is 0 Å². The summed E-state index contributed by atoms with van der Waals surface area (Å²) in [4.78, 5) is 0. The van der Waals surface area contributed by atoms with E-state index < -0.39 is 0 Å². The zero-order valence-corrected chi connectivity index (χ0v) is 13.0. The van der Waals surface area contributed by atoms with Crippen LogP contribution in [-0.2, 0) is 6.42 Å². The summed E-state index contributed by atoms with van der Waals surface area (Å²) < 4.78 is 5.23. The van der Waals surface area contributed by atoms with Gasteiger partial charge in [-0.15, -0.1) is 10.2 Å². The molecule has 2 rings (SSSR count). The third-order valence-electron chi connectivity index (χ3n) is 2.90. The molecule has 0 amide bonds. The van der Waals surface area contributed by atoms with Crippen molar-refractivity contribution in [3.63, 3.8) is 0 Å². The lowest BCUT2D eigenvalue weighted by Gasteiger charge is -2.05. The van der Waals surface area contributed by atoms with E-state index >= 15 is 0 Å². The number of aryl methyl sites for hydroxylation is 1. The number of hydrogen-bond acceptors (Lipinski definition) is 5. The molecule has 4 nitrogen and oxygen atoms in total. The number of nitrogens with zero attached hydrogens (tertiary/aromatic N) is 2. The van der Waals surface area contributed by atoms with Crippen molar-refractivity contribution in [1.29, 1.82) is 0 Å². The molecule has 1 N–H and O–H groups in total. The Balaban J connectivity index is 1.94. The van der Waals surface area contributed by atoms with Crippen molar-refractivity contribution in [1.82, 2.24) is 15.5 Å². The van der Waals surface area contributed by atoms with E-state index in [-0.39, 0.29) is 0 Å². The second-order valence-corrected chi connectivity index (χ2v) is 6.01. The van der Waals surface area contributed by atoms with E-state index in [4.69, 9.17) is 4.74 Å². The summed E-state index contributed by atoms with van der Waals surface area (Å²) in [7, 11) is 1.67. The normalized spacial score (nSPS) is 11.0. The molecule has 0 aliphatic carbocycles. The maximum atomic E-state index is 5.23. The van der Waals surface area contributed by atoms with Crippen molar-refractivity contribution in [3.05, 3.63) is 29.3 Å². The Morgan fingerprint density at radius 1 is 1.30 bits per heavy atom. The standard InChI is InChI=1S/C15H21N3OS/c1-11(2)16-9-5-8-14-17-18-15(20-14)12-6-4-7-13(10-12)19-3/h4,6-7,10-11,16H,5,8-9H2,1-3H3. The molecule has 1 heterocycles. The highest BCUT2D eigenvalue weighted by Gasteiger charge is 2.07. The highest BCUT2D eigenvalue weighted by molar-refractivity contribution is 7.14. The first-order valence-electron chi connectivity index (χ1n) is 6.89. The Hall–Kier alpha value is -1.46. The summed E-state index contributed by atoms with van der Waals surface area (Å²) in [5.74, 6) is 0.848. The molecule has 2 aromatic rings. The molecule has 0 fully saturated rings. The monoisotopic (exact) mass is 291 g/mol. The van der Waals surface area contributed by atoms with Crippen molar-refractivity contribution in [2.24, 2.45) is 0 Å². The SMILES string of the molecule is COc1cccc(-c2nnc(CCCNC(C)C)s2)c1. The Morgan fingerprint density at radius 3 is 2.90 bits per heavy atom. The summed E-state index contributed by atoms with van der Waals surface area (Å²) in [5.41, 5.74) is 1.06. The van der Waals surface area contributed by atoms with Crippen molar-refractivity contribution in [2.75, 3.05) is 13.7 Å². The van der Waals surface area contributed by atoms with E-state index in [2.05, 4.69) is 29.4 Å². The molecule has 1 aromatic carbocycles. The number of rotatable bonds is 7. The Kier molecular flexibility index (Phi) is 5.49. The van der Waals surface area contributed by atoms with Crippen LogP contribution in [-0.4, -0.2) is 29.9 Å². The van der Waals surface area contributed by atoms with Gasteiger partial charge in [0, 0.05) is 18.0 Å². The number of aromatic nitrogens is 2. The van der Waals surface area contributed by atoms with E-state index in [0.717, 1.165) is 40.7 Å². The summed E-state index contributed by atoms with van der Waals surface area (Å²) in [5, 5.41) is 14.0. The van der Waals surface area contributed by atoms with Crippen molar-refractivity contribution < 1.29 is 4.74 Å². The van der Waals surface area contributed by atoms with Gasteiger partial charge in [-0.2, -0.15) is 0 Å². The van der Waals surface area contributed by atoms with Crippen LogP contribution in [0.25, 0.3) is 10.6 Å². The van der Waals surface area contributed by atoms with Crippen LogP contribution in [0.2, 0.25) is 0 Å². The topological polar surface area (TPSA) is 47.0 Å². The molecule has 0 atom stereocenters. The Labute approximate surface area is 124 Å². The summed E-state index contributed by atoms with van der Waals surface area (Å²) in [6.45, 7) is 5.34. The van der Waals surface area contributed by atoms with Gasteiger partial charge in [-0.3, -0.25) is 0 Å². The zero-order valence-electron chi connectivity index (χ0n) is 12.2. The van der Waals surface area contributed by atoms with Crippen LogP contribution >= 0.6 is 11.3 Å². The first kappa shape index (κ1) is 14.9. The molecule has 1 aromatic heterocycles. The number of hydrogen-bond donors (Lipinski definition) is 1. The molecule has 20 heavy (non-hydrogen) atoms. The molecule has 0 saturated carbocycles. The van der Waals surface area contributed by atoms with Crippen molar-refractivity contribution in [2.45, 2.75) is 32.7 Å². The molecule has 108 valence electrons. The average molecular weight is 291 g/mol. The minimum absolute atomic E-state index is 0.539. The lowest BCUT2D eigenvalue weighted by molar-refractivity contribution is 0.415. The van der Waals surface area contributed by atoms with Gasteiger partial charge < -0.3 is 10.1 Å². The molecule has 0 unspecified atom stereocenters. The number of methoxy groups -OCH3 is 1. The average Bonchev–Trinajstić information content (AvgIpc) is 2.92. The first-order chi connectivity index (χ1) is 9.69. The Bertz CT molecular complexity index is 539. The lowest BCUT2D eigenvalue weighted by Crippen LogP contribution is -2.23.